The van der Waals surface area contributed by atoms with Gasteiger partial charge in [0, 0.05) is 13.0 Å². The van der Waals surface area contributed by atoms with Gasteiger partial charge in [0.25, 0.3) is 0 Å². The van der Waals surface area contributed by atoms with Crippen LogP contribution in [0.5, 0.6) is 0 Å². The van der Waals surface area contributed by atoms with Crippen LogP contribution in [-0.4, -0.2) is 17.4 Å². The van der Waals surface area contributed by atoms with E-state index in [4.69, 9.17) is 0 Å². The molecule has 1 aliphatic heterocycles. The van der Waals surface area contributed by atoms with E-state index in [-0.39, 0.29) is 39.9 Å². The summed E-state index contributed by atoms with van der Waals surface area (Å²) in [6.07, 6.45) is 3.28. The standard InChI is InChI=1S/C6H9NO.2BrH/c1-2-7-5-3-4-6(7)8;;/h2H,1,3-5H2;2*1H. The zero-order chi connectivity index (χ0) is 5.98. The summed E-state index contributed by atoms with van der Waals surface area (Å²) in [5.74, 6) is 0.208. The Morgan fingerprint density at radius 3 is 2.30 bits per heavy atom. The van der Waals surface area contributed by atoms with Crippen LogP contribution < -0.4 is 0 Å². The molecule has 0 saturated carbocycles. The topological polar surface area (TPSA) is 20.3 Å². The minimum atomic E-state index is 0. The number of carbonyl (C=O) groups is 1. The first-order valence-corrected chi connectivity index (χ1v) is 2.76. The molecule has 1 rings (SSSR count). The van der Waals surface area contributed by atoms with Gasteiger partial charge in [-0.3, -0.25) is 4.79 Å². The zero-order valence-electron chi connectivity index (χ0n) is 5.58. The predicted octanol–water partition coefficient (Wildman–Crippen LogP) is 1.91. The minimum absolute atomic E-state index is 0. The summed E-state index contributed by atoms with van der Waals surface area (Å²) in [7, 11) is 0. The molecule has 0 bridgehead atoms. The molecule has 0 aliphatic carbocycles. The van der Waals surface area contributed by atoms with Gasteiger partial charge in [0.15, 0.2) is 0 Å². The average molecular weight is 273 g/mol. The number of hydrogen-bond donors (Lipinski definition) is 0. The molecule has 0 aromatic heterocycles. The molecule has 0 unspecified atom stereocenters. The Labute approximate surface area is 81.8 Å². The molecule has 0 radical (unpaired) electrons. The van der Waals surface area contributed by atoms with Crippen LogP contribution >= 0.6 is 34.0 Å². The molecule has 1 heterocycles. The van der Waals surface area contributed by atoms with Gasteiger partial charge in [-0.15, -0.1) is 34.0 Å². The fourth-order valence-electron chi connectivity index (χ4n) is 0.862. The van der Waals surface area contributed by atoms with Gasteiger partial charge in [-0.1, -0.05) is 6.58 Å². The molecule has 1 amide bonds. The maximum absolute atomic E-state index is 10.7. The molecule has 0 N–H and O–H groups in total. The average Bonchev–Trinajstić information content (AvgIpc) is 2.14. The van der Waals surface area contributed by atoms with E-state index in [0.29, 0.717) is 6.42 Å². The second-order valence-corrected chi connectivity index (χ2v) is 1.87. The Balaban J connectivity index is 0. The van der Waals surface area contributed by atoms with Gasteiger partial charge in [0.2, 0.25) is 5.91 Å². The van der Waals surface area contributed by atoms with Crippen LogP contribution in [0.1, 0.15) is 12.8 Å². The number of hydrogen-bond acceptors (Lipinski definition) is 1. The Hall–Kier alpha value is 0.170. The maximum Gasteiger partial charge on any atom is 0.226 e. The van der Waals surface area contributed by atoms with Crippen LogP contribution in [0.25, 0.3) is 0 Å². The lowest BCUT2D eigenvalue weighted by molar-refractivity contribution is -0.125. The van der Waals surface area contributed by atoms with Crippen molar-refractivity contribution in [3.05, 3.63) is 12.8 Å². The first-order chi connectivity index (χ1) is 3.84. The van der Waals surface area contributed by atoms with Gasteiger partial charge in [0.1, 0.15) is 0 Å². The quantitative estimate of drug-likeness (QED) is 0.714. The number of nitrogens with zero attached hydrogens (tertiary/aromatic N) is 1. The van der Waals surface area contributed by atoms with Crippen LogP contribution in [-0.2, 0) is 4.79 Å². The maximum atomic E-state index is 10.7. The van der Waals surface area contributed by atoms with Crippen molar-refractivity contribution < 1.29 is 4.79 Å². The number of carbonyl (C=O) groups excluding carboxylic acids is 1. The highest BCUT2D eigenvalue weighted by molar-refractivity contribution is 8.93. The summed E-state index contributed by atoms with van der Waals surface area (Å²) in [6, 6.07) is 0. The van der Waals surface area contributed by atoms with Crippen molar-refractivity contribution in [2.24, 2.45) is 0 Å². The largest absolute Gasteiger partial charge is 0.320 e. The van der Waals surface area contributed by atoms with E-state index in [1.807, 2.05) is 0 Å². The molecule has 0 spiro atoms. The zero-order valence-corrected chi connectivity index (χ0v) is 9.00. The number of amides is 1. The molecule has 10 heavy (non-hydrogen) atoms. The van der Waals surface area contributed by atoms with E-state index in [1.165, 1.54) is 0 Å². The third-order valence-electron chi connectivity index (χ3n) is 1.33. The SMILES string of the molecule is Br.Br.C=CN1CCCC1=O. The van der Waals surface area contributed by atoms with Crippen LogP contribution in [0, 0.1) is 0 Å². The van der Waals surface area contributed by atoms with Crippen molar-refractivity contribution in [1.82, 2.24) is 4.90 Å². The Morgan fingerprint density at radius 1 is 1.50 bits per heavy atom. The first-order valence-electron chi connectivity index (χ1n) is 2.76. The normalized spacial score (nSPS) is 15.6. The van der Waals surface area contributed by atoms with E-state index in [2.05, 4.69) is 6.58 Å². The molecule has 4 heteroatoms. The summed E-state index contributed by atoms with van der Waals surface area (Å²) < 4.78 is 0. The Morgan fingerprint density at radius 2 is 2.10 bits per heavy atom. The molecule has 1 fully saturated rings. The van der Waals surface area contributed by atoms with Crippen molar-refractivity contribution >= 4 is 39.9 Å². The molecule has 0 aromatic carbocycles. The first kappa shape index (κ1) is 12.8. The van der Waals surface area contributed by atoms with Crippen molar-refractivity contribution in [2.45, 2.75) is 12.8 Å². The third kappa shape index (κ3) is 2.84. The van der Waals surface area contributed by atoms with E-state index in [1.54, 1.807) is 11.1 Å². The van der Waals surface area contributed by atoms with Gasteiger partial charge >= 0.3 is 0 Å². The molecule has 1 saturated heterocycles. The van der Waals surface area contributed by atoms with Crippen LogP contribution in [0.4, 0.5) is 0 Å². The van der Waals surface area contributed by atoms with Gasteiger partial charge in [-0.2, -0.15) is 0 Å². The second kappa shape index (κ2) is 5.92. The molecule has 0 atom stereocenters. The van der Waals surface area contributed by atoms with Crippen LogP contribution in [0.2, 0.25) is 0 Å². The summed E-state index contributed by atoms with van der Waals surface area (Å²) in [6.45, 7) is 4.36. The minimum Gasteiger partial charge on any atom is -0.320 e. The van der Waals surface area contributed by atoms with Crippen molar-refractivity contribution in [3.63, 3.8) is 0 Å². The van der Waals surface area contributed by atoms with E-state index in [0.717, 1.165) is 13.0 Å². The summed E-state index contributed by atoms with van der Waals surface area (Å²) in [4.78, 5) is 12.3. The second-order valence-electron chi connectivity index (χ2n) is 1.87. The fraction of sp³-hybridized carbons (Fsp3) is 0.500. The van der Waals surface area contributed by atoms with Crippen molar-refractivity contribution in [2.75, 3.05) is 6.54 Å². The summed E-state index contributed by atoms with van der Waals surface area (Å²) in [5, 5.41) is 0. The van der Waals surface area contributed by atoms with Gasteiger partial charge in [0.05, 0.1) is 0 Å². The van der Waals surface area contributed by atoms with Gasteiger partial charge in [-0.25, -0.2) is 0 Å². The highest BCUT2D eigenvalue weighted by atomic mass is 79.9. The molecule has 0 aromatic rings. The fourth-order valence-corrected chi connectivity index (χ4v) is 0.862. The lowest BCUT2D eigenvalue weighted by Gasteiger charge is -2.05. The van der Waals surface area contributed by atoms with E-state index < -0.39 is 0 Å². The smallest absolute Gasteiger partial charge is 0.226 e. The predicted molar refractivity (Wildman–Crippen MR) is 51.8 cm³/mol. The third-order valence-corrected chi connectivity index (χ3v) is 1.33. The van der Waals surface area contributed by atoms with Gasteiger partial charge < -0.3 is 4.90 Å². The van der Waals surface area contributed by atoms with Crippen molar-refractivity contribution in [1.29, 1.82) is 0 Å². The number of halogens is 2. The Kier molecular flexibility index (Phi) is 7.58. The van der Waals surface area contributed by atoms with Crippen molar-refractivity contribution in [3.8, 4) is 0 Å². The van der Waals surface area contributed by atoms with E-state index >= 15 is 0 Å². The highest BCUT2D eigenvalue weighted by Crippen LogP contribution is 2.08. The molecule has 60 valence electrons. The Bertz CT molecular complexity index is 127. The van der Waals surface area contributed by atoms with E-state index in [9.17, 15) is 4.79 Å². The molecule has 2 nitrogen and oxygen atoms in total. The van der Waals surface area contributed by atoms with Gasteiger partial charge in [-0.05, 0) is 12.6 Å². The summed E-state index contributed by atoms with van der Waals surface area (Å²) >= 11 is 0. The number of rotatable bonds is 1. The van der Waals surface area contributed by atoms with Crippen LogP contribution in [0.3, 0.4) is 0 Å². The van der Waals surface area contributed by atoms with Crippen LogP contribution in [0.15, 0.2) is 12.8 Å². The monoisotopic (exact) mass is 271 g/mol. The summed E-state index contributed by atoms with van der Waals surface area (Å²) in [5.41, 5.74) is 0. The lowest BCUT2D eigenvalue weighted by atomic mass is 10.4. The molecular weight excluding hydrogens is 262 g/mol. The highest BCUT2D eigenvalue weighted by Gasteiger charge is 2.15. The molecular formula is C6H11Br2NO. The molecule has 1 aliphatic rings. The lowest BCUT2D eigenvalue weighted by Crippen LogP contribution is -2.16. The number of likely N-dealkylation sites (tertiary alicyclic amines) is 1.